The first-order chi connectivity index (χ1) is 14.0. The lowest BCUT2D eigenvalue weighted by atomic mass is 9.71. The molecule has 5 rings (SSSR count). The van der Waals surface area contributed by atoms with Crippen molar-refractivity contribution in [2.45, 2.75) is 31.6 Å². The molecule has 0 saturated heterocycles. The third kappa shape index (κ3) is 2.14. The summed E-state index contributed by atoms with van der Waals surface area (Å²) < 4.78 is 10.7. The molecule has 0 saturated carbocycles. The molecule has 0 unspecified atom stereocenters. The minimum atomic E-state index is -1.42. The van der Waals surface area contributed by atoms with Crippen molar-refractivity contribution in [1.29, 1.82) is 0 Å². The van der Waals surface area contributed by atoms with Crippen LogP contribution < -0.4 is 5.73 Å². The zero-order valence-electron chi connectivity index (χ0n) is 15.9. The molecule has 1 aromatic heterocycles. The number of allylic oxidation sites excluding steroid dienone is 1. The molecule has 8 heteroatoms. The summed E-state index contributed by atoms with van der Waals surface area (Å²) in [6.45, 7) is 1.67. The molecule has 1 aromatic carbocycles. The van der Waals surface area contributed by atoms with Crippen molar-refractivity contribution in [3.63, 3.8) is 0 Å². The molecule has 29 heavy (non-hydrogen) atoms. The molecular weight excluding hydrogens is 374 g/mol. The van der Waals surface area contributed by atoms with Crippen LogP contribution in [0.4, 0.5) is 6.01 Å². The first-order valence-electron chi connectivity index (χ1n) is 9.61. The standard InChI is InChI=1S/C21H19N3O5/c1-2-28-15(26)10-24-13-8-5-9-14(25)16(13)21(19(24)27)12-7-4-3-6-11(12)17-18(21)23-20(22)29-17/h3-4,6-7H,2,5,8-10H2,1H3,(H2,22,23)/t21-/m0/s1. The number of aromatic nitrogens is 1. The Morgan fingerprint density at radius 3 is 2.90 bits per heavy atom. The molecule has 2 N–H and O–H groups in total. The van der Waals surface area contributed by atoms with Gasteiger partial charge in [0, 0.05) is 23.3 Å². The Balaban J connectivity index is 1.78. The number of amides is 1. The van der Waals surface area contributed by atoms with Crippen molar-refractivity contribution in [1.82, 2.24) is 9.88 Å². The molecule has 0 bridgehead atoms. The van der Waals surface area contributed by atoms with Crippen molar-refractivity contribution < 1.29 is 23.5 Å². The van der Waals surface area contributed by atoms with E-state index in [0.29, 0.717) is 53.1 Å². The van der Waals surface area contributed by atoms with Gasteiger partial charge < -0.3 is 19.8 Å². The van der Waals surface area contributed by atoms with Gasteiger partial charge in [0.25, 0.3) is 6.01 Å². The fourth-order valence-electron chi connectivity index (χ4n) is 4.84. The fourth-order valence-corrected chi connectivity index (χ4v) is 4.84. The van der Waals surface area contributed by atoms with Crippen molar-refractivity contribution in [2.75, 3.05) is 18.9 Å². The van der Waals surface area contributed by atoms with Crippen LogP contribution >= 0.6 is 0 Å². The van der Waals surface area contributed by atoms with Crippen LogP contribution in [-0.2, 0) is 24.5 Å². The molecule has 0 radical (unpaired) electrons. The molecule has 2 aliphatic carbocycles. The van der Waals surface area contributed by atoms with Gasteiger partial charge in [-0.3, -0.25) is 14.4 Å². The number of nitrogens with two attached hydrogens (primary N) is 1. The lowest BCUT2D eigenvalue weighted by molar-refractivity contribution is -0.148. The van der Waals surface area contributed by atoms with Crippen LogP contribution in [0, 0.1) is 0 Å². The zero-order valence-corrected chi connectivity index (χ0v) is 15.9. The number of nitrogen functional groups attached to an aromatic ring is 1. The van der Waals surface area contributed by atoms with Gasteiger partial charge in [-0.15, -0.1) is 0 Å². The van der Waals surface area contributed by atoms with Crippen molar-refractivity contribution >= 4 is 23.7 Å². The molecule has 3 aliphatic rings. The SMILES string of the molecule is CCOC(=O)CN1C(=O)[C@]2(C3=C1CCCC3=O)c1ccccc1-c1oc(N)nc12. The molecule has 1 amide bonds. The number of ether oxygens (including phenoxy) is 1. The van der Waals surface area contributed by atoms with Gasteiger partial charge in [0.15, 0.2) is 17.0 Å². The van der Waals surface area contributed by atoms with E-state index in [1.807, 2.05) is 18.2 Å². The van der Waals surface area contributed by atoms with E-state index < -0.39 is 11.4 Å². The van der Waals surface area contributed by atoms with Gasteiger partial charge >= 0.3 is 5.97 Å². The molecule has 1 atom stereocenters. The maximum absolute atomic E-state index is 13.9. The number of hydrogen-bond donors (Lipinski definition) is 1. The Kier molecular flexibility index (Phi) is 3.68. The predicted molar refractivity (Wildman–Crippen MR) is 101 cm³/mol. The summed E-state index contributed by atoms with van der Waals surface area (Å²) in [4.78, 5) is 45.0. The van der Waals surface area contributed by atoms with Gasteiger partial charge in [-0.25, -0.2) is 0 Å². The molecule has 8 nitrogen and oxygen atoms in total. The van der Waals surface area contributed by atoms with Crippen LogP contribution in [0.2, 0.25) is 0 Å². The number of Topliss-reactive ketones (excluding diaryl/α,β-unsaturated/α-hetero) is 1. The van der Waals surface area contributed by atoms with E-state index >= 15 is 0 Å². The van der Waals surface area contributed by atoms with E-state index in [-0.39, 0.29) is 30.9 Å². The summed E-state index contributed by atoms with van der Waals surface area (Å²) in [5, 5.41) is 0. The molecule has 148 valence electrons. The van der Waals surface area contributed by atoms with Gasteiger partial charge in [-0.05, 0) is 25.3 Å². The summed E-state index contributed by atoms with van der Waals surface area (Å²) in [6, 6.07) is 7.20. The van der Waals surface area contributed by atoms with Crippen LogP contribution in [0.15, 0.2) is 40.0 Å². The minimum absolute atomic E-state index is 0.0640. The topological polar surface area (TPSA) is 116 Å². The second-order valence-electron chi connectivity index (χ2n) is 7.32. The number of fused-ring (bicyclic) bond motifs is 6. The predicted octanol–water partition coefficient (Wildman–Crippen LogP) is 1.94. The van der Waals surface area contributed by atoms with E-state index in [4.69, 9.17) is 14.9 Å². The zero-order chi connectivity index (χ0) is 20.3. The molecule has 0 fully saturated rings. The molecule has 2 aromatic rings. The van der Waals surface area contributed by atoms with Gasteiger partial charge in [0.2, 0.25) is 5.91 Å². The first-order valence-corrected chi connectivity index (χ1v) is 9.61. The average molecular weight is 393 g/mol. The number of benzene rings is 1. The van der Waals surface area contributed by atoms with E-state index in [2.05, 4.69) is 4.98 Å². The smallest absolute Gasteiger partial charge is 0.326 e. The van der Waals surface area contributed by atoms with Crippen molar-refractivity contribution in [3.05, 3.63) is 46.8 Å². The number of rotatable bonds is 3. The quantitative estimate of drug-likeness (QED) is 0.792. The lowest BCUT2D eigenvalue weighted by Crippen LogP contribution is -2.43. The average Bonchev–Trinajstić information content (AvgIpc) is 3.28. The van der Waals surface area contributed by atoms with Crippen LogP contribution in [0.3, 0.4) is 0 Å². The lowest BCUT2D eigenvalue weighted by Gasteiger charge is -2.26. The Bertz CT molecular complexity index is 1120. The third-order valence-corrected chi connectivity index (χ3v) is 5.82. The third-order valence-electron chi connectivity index (χ3n) is 5.82. The normalized spacial score (nSPS) is 22.2. The number of carbonyl (C=O) groups excluding carboxylic acids is 3. The number of nitrogens with zero attached hydrogens (tertiary/aromatic N) is 2. The van der Waals surface area contributed by atoms with E-state index in [0.717, 1.165) is 0 Å². The highest BCUT2D eigenvalue weighted by molar-refractivity contribution is 6.17. The minimum Gasteiger partial charge on any atom is -0.465 e. The number of ketones is 1. The number of oxazole rings is 1. The van der Waals surface area contributed by atoms with Crippen LogP contribution in [0.25, 0.3) is 11.3 Å². The summed E-state index contributed by atoms with van der Waals surface area (Å²) >= 11 is 0. The Morgan fingerprint density at radius 1 is 1.31 bits per heavy atom. The van der Waals surface area contributed by atoms with Gasteiger partial charge in [-0.1, -0.05) is 24.3 Å². The Labute approximate surface area is 166 Å². The number of anilines is 1. The number of carbonyl (C=O) groups is 3. The highest BCUT2D eigenvalue weighted by Crippen LogP contribution is 2.59. The monoisotopic (exact) mass is 393 g/mol. The Hall–Kier alpha value is -3.42. The maximum Gasteiger partial charge on any atom is 0.326 e. The number of hydrogen-bond acceptors (Lipinski definition) is 7. The van der Waals surface area contributed by atoms with Crippen LogP contribution in [-0.4, -0.2) is 40.7 Å². The van der Waals surface area contributed by atoms with Gasteiger partial charge in [0.1, 0.15) is 12.2 Å². The molecule has 2 heterocycles. The highest BCUT2D eigenvalue weighted by atomic mass is 16.5. The molecule has 1 spiro atoms. The van der Waals surface area contributed by atoms with Gasteiger partial charge in [0.05, 0.1) is 6.61 Å². The second-order valence-corrected chi connectivity index (χ2v) is 7.32. The molecular formula is C21H19N3O5. The highest BCUT2D eigenvalue weighted by Gasteiger charge is 2.64. The van der Waals surface area contributed by atoms with Crippen molar-refractivity contribution in [3.8, 4) is 11.3 Å². The van der Waals surface area contributed by atoms with E-state index in [1.54, 1.807) is 13.0 Å². The van der Waals surface area contributed by atoms with Crippen molar-refractivity contribution in [2.24, 2.45) is 0 Å². The summed E-state index contributed by atoms with van der Waals surface area (Å²) in [7, 11) is 0. The van der Waals surface area contributed by atoms with Gasteiger partial charge in [-0.2, -0.15) is 4.98 Å². The molecule has 1 aliphatic heterocycles. The van der Waals surface area contributed by atoms with E-state index in [9.17, 15) is 14.4 Å². The van der Waals surface area contributed by atoms with E-state index in [1.165, 1.54) is 4.90 Å². The number of esters is 1. The summed E-state index contributed by atoms with van der Waals surface area (Å²) in [5.41, 5.74) is 7.01. The maximum atomic E-state index is 13.9. The summed E-state index contributed by atoms with van der Waals surface area (Å²) in [5.74, 6) is -0.621. The fraction of sp³-hybridized carbons (Fsp3) is 0.333. The summed E-state index contributed by atoms with van der Waals surface area (Å²) in [6.07, 6.45) is 1.49. The second kappa shape index (κ2) is 6.04. The largest absolute Gasteiger partial charge is 0.465 e. The van der Waals surface area contributed by atoms with Crippen LogP contribution in [0.5, 0.6) is 0 Å². The van der Waals surface area contributed by atoms with Crippen LogP contribution in [0.1, 0.15) is 37.4 Å². The first kappa shape index (κ1) is 17.7. The Morgan fingerprint density at radius 2 is 2.10 bits per heavy atom.